The normalized spacial score (nSPS) is 17.2. The maximum Gasteiger partial charge on any atom is 0.347 e. The number of carbonyl (C=O) groups excluding carboxylic acids is 1. The van der Waals surface area contributed by atoms with Crippen LogP contribution in [0.1, 0.15) is 51.2 Å². The van der Waals surface area contributed by atoms with Crippen molar-refractivity contribution in [2.75, 3.05) is 0 Å². The van der Waals surface area contributed by atoms with E-state index in [1.807, 2.05) is 32.9 Å². The summed E-state index contributed by atoms with van der Waals surface area (Å²) >= 11 is 3.34. The fraction of sp³-hybridized carbons (Fsp3) is 0.529. The van der Waals surface area contributed by atoms with Crippen LogP contribution in [0.25, 0.3) is 0 Å². The van der Waals surface area contributed by atoms with Crippen LogP contribution in [0.5, 0.6) is 0 Å². The third-order valence-electron chi connectivity index (χ3n) is 3.91. The molecule has 7 nitrogen and oxygen atoms in total. The Morgan fingerprint density at radius 1 is 1.40 bits per heavy atom. The van der Waals surface area contributed by atoms with Gasteiger partial charge in [0, 0.05) is 17.1 Å². The SMILES string of the molecule is CC(C)(C)OC(=O)[C@@H]1CCCc2nn(Cc3ccc(Br)cn3)c(=O)n21. The van der Waals surface area contributed by atoms with E-state index in [0.29, 0.717) is 18.7 Å². The van der Waals surface area contributed by atoms with E-state index < -0.39 is 11.6 Å². The van der Waals surface area contributed by atoms with E-state index in [9.17, 15) is 9.59 Å². The number of hydrogen-bond donors (Lipinski definition) is 0. The van der Waals surface area contributed by atoms with Crippen LogP contribution in [0.4, 0.5) is 0 Å². The lowest BCUT2D eigenvalue weighted by Crippen LogP contribution is -2.38. The Morgan fingerprint density at radius 2 is 2.16 bits per heavy atom. The molecule has 3 rings (SSSR count). The van der Waals surface area contributed by atoms with E-state index in [0.717, 1.165) is 16.6 Å². The Morgan fingerprint density at radius 3 is 2.80 bits per heavy atom. The number of halogens is 1. The van der Waals surface area contributed by atoms with Crippen LogP contribution in [0, 0.1) is 0 Å². The van der Waals surface area contributed by atoms with Gasteiger partial charge in [-0.25, -0.2) is 14.3 Å². The number of esters is 1. The molecule has 1 aliphatic heterocycles. The van der Waals surface area contributed by atoms with Crippen LogP contribution in [0.2, 0.25) is 0 Å². The number of pyridine rings is 1. The summed E-state index contributed by atoms with van der Waals surface area (Å²) in [5.74, 6) is 0.251. The third-order valence-corrected chi connectivity index (χ3v) is 4.38. The van der Waals surface area contributed by atoms with Gasteiger partial charge in [0.05, 0.1) is 12.2 Å². The molecule has 0 N–H and O–H groups in total. The second kappa shape index (κ2) is 6.74. The predicted octanol–water partition coefficient (Wildman–Crippen LogP) is 2.47. The molecule has 2 aromatic heterocycles. The van der Waals surface area contributed by atoms with E-state index in [1.54, 1.807) is 6.20 Å². The number of nitrogens with zero attached hydrogens (tertiary/aromatic N) is 4. The second-order valence-corrected chi connectivity index (χ2v) is 8.05. The minimum Gasteiger partial charge on any atom is -0.458 e. The number of aromatic nitrogens is 4. The zero-order valence-electron chi connectivity index (χ0n) is 14.5. The van der Waals surface area contributed by atoms with Crippen molar-refractivity contribution >= 4 is 21.9 Å². The fourth-order valence-corrected chi connectivity index (χ4v) is 3.12. The topological polar surface area (TPSA) is 79.0 Å². The van der Waals surface area contributed by atoms with E-state index in [-0.39, 0.29) is 18.2 Å². The smallest absolute Gasteiger partial charge is 0.347 e. The van der Waals surface area contributed by atoms with Gasteiger partial charge in [0.15, 0.2) is 0 Å². The van der Waals surface area contributed by atoms with Gasteiger partial charge in [-0.15, -0.1) is 0 Å². The molecule has 0 spiro atoms. The summed E-state index contributed by atoms with van der Waals surface area (Å²) in [6, 6.07) is 3.09. The maximum atomic E-state index is 12.8. The molecule has 25 heavy (non-hydrogen) atoms. The van der Waals surface area contributed by atoms with Crippen molar-refractivity contribution < 1.29 is 9.53 Å². The van der Waals surface area contributed by atoms with E-state index >= 15 is 0 Å². The molecule has 0 bridgehead atoms. The zero-order valence-corrected chi connectivity index (χ0v) is 16.1. The highest BCUT2D eigenvalue weighted by Crippen LogP contribution is 2.25. The number of aryl methyl sites for hydroxylation is 1. The summed E-state index contributed by atoms with van der Waals surface area (Å²) in [6.07, 6.45) is 3.75. The maximum absolute atomic E-state index is 12.8. The van der Waals surface area contributed by atoms with Crippen LogP contribution in [-0.2, 0) is 22.5 Å². The highest BCUT2D eigenvalue weighted by Gasteiger charge is 2.33. The van der Waals surface area contributed by atoms with Crippen molar-refractivity contribution in [1.82, 2.24) is 19.3 Å². The minimum absolute atomic E-state index is 0.271. The first-order chi connectivity index (χ1) is 11.7. The van der Waals surface area contributed by atoms with E-state index in [1.165, 1.54) is 9.25 Å². The molecule has 8 heteroatoms. The van der Waals surface area contributed by atoms with Gasteiger partial charge >= 0.3 is 11.7 Å². The Hall–Kier alpha value is -1.96. The Labute approximate surface area is 154 Å². The monoisotopic (exact) mass is 408 g/mol. The number of ether oxygens (including phenoxy) is 1. The van der Waals surface area contributed by atoms with E-state index in [4.69, 9.17) is 4.74 Å². The molecule has 134 valence electrons. The third kappa shape index (κ3) is 4.00. The van der Waals surface area contributed by atoms with Crippen molar-refractivity contribution in [2.24, 2.45) is 0 Å². The van der Waals surface area contributed by atoms with Gasteiger partial charge in [-0.1, -0.05) is 0 Å². The lowest BCUT2D eigenvalue weighted by molar-refractivity contribution is -0.159. The van der Waals surface area contributed by atoms with Crippen LogP contribution in [-0.4, -0.2) is 30.9 Å². The average molecular weight is 409 g/mol. The van der Waals surface area contributed by atoms with Gasteiger partial charge in [-0.3, -0.25) is 9.55 Å². The van der Waals surface area contributed by atoms with Crippen molar-refractivity contribution in [3.63, 3.8) is 0 Å². The summed E-state index contributed by atoms with van der Waals surface area (Å²) < 4.78 is 9.20. The highest BCUT2D eigenvalue weighted by atomic mass is 79.9. The Bertz CT molecular complexity index is 833. The van der Waals surface area contributed by atoms with Gasteiger partial charge < -0.3 is 4.74 Å². The van der Waals surface area contributed by atoms with Crippen LogP contribution in [0.15, 0.2) is 27.6 Å². The first-order valence-corrected chi connectivity index (χ1v) is 9.05. The summed E-state index contributed by atoms with van der Waals surface area (Å²) in [4.78, 5) is 29.6. The molecule has 0 unspecified atom stereocenters. The van der Waals surface area contributed by atoms with Crippen LogP contribution < -0.4 is 5.69 Å². The summed E-state index contributed by atoms with van der Waals surface area (Å²) in [6.45, 7) is 5.73. The lowest BCUT2D eigenvalue weighted by Gasteiger charge is -2.26. The molecule has 1 aliphatic rings. The van der Waals surface area contributed by atoms with Gasteiger partial charge in [-0.2, -0.15) is 5.10 Å². The second-order valence-electron chi connectivity index (χ2n) is 7.14. The molecule has 0 amide bonds. The molecule has 0 fully saturated rings. The number of fused-ring (bicyclic) bond motifs is 1. The molecular weight excluding hydrogens is 388 g/mol. The molecule has 1 atom stereocenters. The highest BCUT2D eigenvalue weighted by molar-refractivity contribution is 9.10. The quantitative estimate of drug-likeness (QED) is 0.728. The molecule has 0 saturated carbocycles. The number of carbonyl (C=O) groups is 1. The molecular formula is C17H21BrN4O3. The molecule has 2 aromatic rings. The summed E-state index contributed by atoms with van der Waals surface area (Å²) in [7, 11) is 0. The fourth-order valence-electron chi connectivity index (χ4n) is 2.88. The Balaban J connectivity index is 1.89. The molecule has 0 saturated heterocycles. The van der Waals surface area contributed by atoms with Gasteiger partial charge in [0.25, 0.3) is 0 Å². The standard InChI is InChI=1S/C17H21BrN4O3/c1-17(2,3)25-15(23)13-5-4-6-14-20-21(16(24)22(13)14)10-12-8-7-11(18)9-19-12/h7-9,13H,4-6,10H2,1-3H3/t13-/m0/s1. The molecule has 0 aromatic carbocycles. The molecule has 3 heterocycles. The van der Waals surface area contributed by atoms with Gasteiger partial charge in [0.2, 0.25) is 0 Å². The van der Waals surface area contributed by atoms with Crippen LogP contribution >= 0.6 is 15.9 Å². The number of rotatable bonds is 3. The first kappa shape index (κ1) is 17.8. The predicted molar refractivity (Wildman–Crippen MR) is 95.3 cm³/mol. The van der Waals surface area contributed by atoms with Crippen molar-refractivity contribution in [1.29, 1.82) is 0 Å². The van der Waals surface area contributed by atoms with Crippen molar-refractivity contribution in [3.8, 4) is 0 Å². The zero-order chi connectivity index (χ0) is 18.2. The van der Waals surface area contributed by atoms with Crippen molar-refractivity contribution in [2.45, 2.75) is 58.2 Å². The summed E-state index contributed by atoms with van der Waals surface area (Å²) in [5, 5.41) is 4.40. The summed E-state index contributed by atoms with van der Waals surface area (Å²) in [5.41, 5.74) is -0.153. The average Bonchev–Trinajstić information content (AvgIpc) is 2.84. The molecule has 0 aliphatic carbocycles. The van der Waals surface area contributed by atoms with Crippen molar-refractivity contribution in [3.05, 3.63) is 44.8 Å². The minimum atomic E-state index is -0.609. The Kier molecular flexibility index (Phi) is 4.81. The van der Waals surface area contributed by atoms with Gasteiger partial charge in [-0.05, 0) is 61.7 Å². The largest absolute Gasteiger partial charge is 0.458 e. The number of hydrogen-bond acceptors (Lipinski definition) is 5. The lowest BCUT2D eigenvalue weighted by atomic mass is 10.0. The van der Waals surface area contributed by atoms with Crippen LogP contribution in [0.3, 0.4) is 0 Å². The van der Waals surface area contributed by atoms with E-state index in [2.05, 4.69) is 26.0 Å². The van der Waals surface area contributed by atoms with Gasteiger partial charge in [0.1, 0.15) is 17.5 Å². The first-order valence-electron chi connectivity index (χ1n) is 8.26. The molecule has 0 radical (unpaired) electrons.